The minimum atomic E-state index is 0. The molecule has 0 bridgehead atoms. The molecule has 0 radical (unpaired) electrons. The number of alkyl halides is 1. The zero-order valence-electron chi connectivity index (χ0n) is 6.79. The van der Waals surface area contributed by atoms with E-state index in [0.29, 0.717) is 12.4 Å². The average molecular weight is 206 g/mol. The fourth-order valence-corrected chi connectivity index (χ4v) is 1.14. The zero-order chi connectivity index (χ0) is 8.10. The van der Waals surface area contributed by atoms with E-state index in [9.17, 15) is 0 Å². The molecule has 0 spiro atoms. The molecule has 0 atom stereocenters. The maximum atomic E-state index is 5.63. The van der Waals surface area contributed by atoms with Crippen LogP contribution in [0.3, 0.4) is 0 Å². The third-order valence-electron chi connectivity index (χ3n) is 1.61. The van der Waals surface area contributed by atoms with E-state index < -0.39 is 0 Å². The molecular weight excluding hydrogens is 193 g/mol. The van der Waals surface area contributed by atoms with Crippen molar-refractivity contribution in [2.24, 2.45) is 5.73 Å². The zero-order valence-corrected chi connectivity index (χ0v) is 8.37. The maximum absolute atomic E-state index is 5.63. The highest BCUT2D eigenvalue weighted by molar-refractivity contribution is 6.17. The maximum Gasteiger partial charge on any atom is 0.0474 e. The Hall–Kier alpha value is -0.240. The summed E-state index contributed by atoms with van der Waals surface area (Å²) in [6.45, 7) is 0.709. The molecule has 2 N–H and O–H groups in total. The normalized spacial score (nSPS) is 9.17. The van der Waals surface area contributed by atoms with E-state index in [-0.39, 0.29) is 12.4 Å². The second-order valence-corrected chi connectivity index (χ2v) is 2.76. The molecule has 0 saturated heterocycles. The predicted molar refractivity (Wildman–Crippen MR) is 56.0 cm³/mol. The highest BCUT2D eigenvalue weighted by Crippen LogP contribution is 2.06. The van der Waals surface area contributed by atoms with Gasteiger partial charge in [0.15, 0.2) is 0 Å². The monoisotopic (exact) mass is 205 g/mol. The first-order chi connectivity index (χ1) is 5.36. The molecule has 0 heterocycles. The van der Waals surface area contributed by atoms with Gasteiger partial charge < -0.3 is 5.73 Å². The standard InChI is InChI=1S/C9H12ClN.ClH/c10-7-9-3-1-8(2-4-9)5-6-11;/h1-4H,5-7,11H2;1H. The van der Waals surface area contributed by atoms with Crippen LogP contribution in [0.5, 0.6) is 0 Å². The molecule has 3 heteroatoms. The van der Waals surface area contributed by atoms with Crippen molar-refractivity contribution < 1.29 is 0 Å². The van der Waals surface area contributed by atoms with Gasteiger partial charge in [0.05, 0.1) is 0 Å². The van der Waals surface area contributed by atoms with Gasteiger partial charge in [-0.15, -0.1) is 24.0 Å². The van der Waals surface area contributed by atoms with Gasteiger partial charge in [-0.05, 0) is 24.1 Å². The Kier molecular flexibility index (Phi) is 6.17. The Bertz CT molecular complexity index is 208. The minimum absolute atomic E-state index is 0. The van der Waals surface area contributed by atoms with Crippen LogP contribution >= 0.6 is 24.0 Å². The van der Waals surface area contributed by atoms with Crippen LogP contribution in [0.1, 0.15) is 11.1 Å². The summed E-state index contributed by atoms with van der Waals surface area (Å²) in [6.07, 6.45) is 0.947. The lowest BCUT2D eigenvalue weighted by molar-refractivity contribution is 0.967. The second-order valence-electron chi connectivity index (χ2n) is 2.49. The van der Waals surface area contributed by atoms with E-state index in [0.717, 1.165) is 12.0 Å². The molecule has 0 unspecified atom stereocenters. The smallest absolute Gasteiger partial charge is 0.0474 e. The lowest BCUT2D eigenvalue weighted by Crippen LogP contribution is -2.02. The topological polar surface area (TPSA) is 26.0 Å². The van der Waals surface area contributed by atoms with Crippen LogP contribution in [-0.4, -0.2) is 6.54 Å². The Balaban J connectivity index is 0.00000121. The van der Waals surface area contributed by atoms with Gasteiger partial charge in [0.2, 0.25) is 0 Å². The Morgan fingerprint density at radius 1 is 1.08 bits per heavy atom. The van der Waals surface area contributed by atoms with Crippen LogP contribution in [-0.2, 0) is 12.3 Å². The molecule has 1 nitrogen and oxygen atoms in total. The summed E-state index contributed by atoms with van der Waals surface area (Å²) in [5, 5.41) is 0. The highest BCUT2D eigenvalue weighted by atomic mass is 35.5. The van der Waals surface area contributed by atoms with Gasteiger partial charge in [-0.1, -0.05) is 24.3 Å². The molecule has 0 saturated carbocycles. The summed E-state index contributed by atoms with van der Waals surface area (Å²) < 4.78 is 0. The SMILES string of the molecule is Cl.NCCc1ccc(CCl)cc1. The van der Waals surface area contributed by atoms with Gasteiger partial charge in [0.1, 0.15) is 0 Å². The van der Waals surface area contributed by atoms with Crippen molar-refractivity contribution >= 4 is 24.0 Å². The van der Waals surface area contributed by atoms with Crippen molar-refractivity contribution in [3.05, 3.63) is 35.4 Å². The molecule has 0 fully saturated rings. The first-order valence-corrected chi connectivity index (χ1v) is 4.24. The third kappa shape index (κ3) is 3.44. The molecule has 0 aliphatic carbocycles. The molecule has 0 aliphatic rings. The van der Waals surface area contributed by atoms with Crippen LogP contribution in [0.15, 0.2) is 24.3 Å². The van der Waals surface area contributed by atoms with Gasteiger partial charge in [0, 0.05) is 5.88 Å². The summed E-state index contributed by atoms with van der Waals surface area (Å²) >= 11 is 5.63. The summed E-state index contributed by atoms with van der Waals surface area (Å²) in [4.78, 5) is 0. The fraction of sp³-hybridized carbons (Fsp3) is 0.333. The van der Waals surface area contributed by atoms with Crippen molar-refractivity contribution in [1.29, 1.82) is 0 Å². The Morgan fingerprint density at radius 2 is 1.58 bits per heavy atom. The van der Waals surface area contributed by atoms with Gasteiger partial charge in [-0.3, -0.25) is 0 Å². The largest absolute Gasteiger partial charge is 0.330 e. The highest BCUT2D eigenvalue weighted by Gasteiger charge is 1.91. The number of benzene rings is 1. The first-order valence-electron chi connectivity index (χ1n) is 3.70. The van der Waals surface area contributed by atoms with Gasteiger partial charge >= 0.3 is 0 Å². The van der Waals surface area contributed by atoms with E-state index >= 15 is 0 Å². The van der Waals surface area contributed by atoms with Crippen molar-refractivity contribution in [2.75, 3.05) is 6.54 Å². The van der Waals surface area contributed by atoms with E-state index in [1.54, 1.807) is 0 Å². The molecule has 1 aromatic rings. The molecule has 12 heavy (non-hydrogen) atoms. The van der Waals surface area contributed by atoms with Crippen molar-refractivity contribution in [2.45, 2.75) is 12.3 Å². The number of hydrogen-bond donors (Lipinski definition) is 1. The average Bonchev–Trinajstić information content (AvgIpc) is 2.07. The molecule has 0 amide bonds. The van der Waals surface area contributed by atoms with Crippen LogP contribution in [0.25, 0.3) is 0 Å². The van der Waals surface area contributed by atoms with E-state index in [4.69, 9.17) is 17.3 Å². The van der Waals surface area contributed by atoms with Crippen molar-refractivity contribution in [1.82, 2.24) is 0 Å². The lowest BCUT2D eigenvalue weighted by atomic mass is 10.1. The Morgan fingerprint density at radius 3 is 2.00 bits per heavy atom. The van der Waals surface area contributed by atoms with Gasteiger partial charge in [0.25, 0.3) is 0 Å². The van der Waals surface area contributed by atoms with Crippen molar-refractivity contribution in [3.8, 4) is 0 Å². The van der Waals surface area contributed by atoms with Gasteiger partial charge in [-0.25, -0.2) is 0 Å². The predicted octanol–water partition coefficient (Wildman–Crippen LogP) is 2.35. The number of hydrogen-bond acceptors (Lipinski definition) is 1. The summed E-state index contributed by atoms with van der Waals surface area (Å²) in [5.41, 5.74) is 7.84. The Labute approximate surface area is 84.3 Å². The summed E-state index contributed by atoms with van der Waals surface area (Å²) in [7, 11) is 0. The van der Waals surface area contributed by atoms with Crippen LogP contribution < -0.4 is 5.73 Å². The summed E-state index contributed by atoms with van der Waals surface area (Å²) in [5.74, 6) is 0.586. The number of rotatable bonds is 3. The van der Waals surface area contributed by atoms with Crippen molar-refractivity contribution in [3.63, 3.8) is 0 Å². The lowest BCUT2D eigenvalue weighted by Gasteiger charge is -1.98. The quantitative estimate of drug-likeness (QED) is 0.754. The van der Waals surface area contributed by atoms with Crippen LogP contribution in [0, 0.1) is 0 Å². The summed E-state index contributed by atoms with van der Waals surface area (Å²) in [6, 6.07) is 8.23. The molecule has 1 rings (SSSR count). The van der Waals surface area contributed by atoms with Crippen LogP contribution in [0.2, 0.25) is 0 Å². The van der Waals surface area contributed by atoms with E-state index in [2.05, 4.69) is 12.1 Å². The molecular formula is C9H13Cl2N. The number of halogens is 2. The van der Waals surface area contributed by atoms with Gasteiger partial charge in [-0.2, -0.15) is 0 Å². The first kappa shape index (κ1) is 11.8. The van der Waals surface area contributed by atoms with Crippen LogP contribution in [0.4, 0.5) is 0 Å². The second kappa shape index (κ2) is 6.30. The molecule has 0 aliphatic heterocycles. The number of nitrogens with two attached hydrogens (primary N) is 1. The fourth-order valence-electron chi connectivity index (χ4n) is 0.962. The van der Waals surface area contributed by atoms with E-state index in [1.165, 1.54) is 5.56 Å². The molecule has 68 valence electrons. The molecule has 0 aromatic heterocycles. The molecule has 1 aromatic carbocycles. The third-order valence-corrected chi connectivity index (χ3v) is 1.92. The van der Waals surface area contributed by atoms with E-state index in [1.807, 2.05) is 12.1 Å². The minimum Gasteiger partial charge on any atom is -0.330 e.